The van der Waals surface area contributed by atoms with Gasteiger partial charge < -0.3 is 14.5 Å². The minimum absolute atomic E-state index is 0.310. The first-order chi connectivity index (χ1) is 11.2. The van der Waals surface area contributed by atoms with Gasteiger partial charge in [0.05, 0.1) is 13.3 Å². The average molecular weight is 338 g/mol. The highest BCUT2D eigenvalue weighted by Crippen LogP contribution is 2.32. The molecule has 0 aliphatic heterocycles. The molecule has 2 atom stereocenters. The Balaban J connectivity index is 1.57. The van der Waals surface area contributed by atoms with Crippen LogP contribution in [0.1, 0.15) is 38.0 Å². The van der Waals surface area contributed by atoms with Crippen LogP contribution < -0.4 is 10.1 Å². The number of aryl methyl sites for hydroxylation is 1. The number of methoxy groups -OCH3 is 1. The SMILES string of the molecule is CCc1nnc(C[C@@H]2CC[C@H](Nc3nc(OC)ncc3Cl)C2)o1. The van der Waals surface area contributed by atoms with Gasteiger partial charge in [0.15, 0.2) is 5.82 Å². The van der Waals surface area contributed by atoms with Crippen molar-refractivity contribution < 1.29 is 9.15 Å². The Labute approximate surface area is 139 Å². The normalized spacial score (nSPS) is 20.7. The molecule has 1 saturated carbocycles. The van der Waals surface area contributed by atoms with E-state index in [0.29, 0.717) is 34.7 Å². The van der Waals surface area contributed by atoms with Crippen LogP contribution >= 0.6 is 11.6 Å². The number of nitrogens with one attached hydrogen (secondary N) is 1. The molecule has 1 aliphatic carbocycles. The molecular formula is C15H20ClN5O2. The van der Waals surface area contributed by atoms with Gasteiger partial charge in [-0.2, -0.15) is 4.98 Å². The molecule has 0 bridgehead atoms. The van der Waals surface area contributed by atoms with Crippen molar-refractivity contribution in [3.8, 4) is 6.01 Å². The standard InChI is InChI=1S/C15H20ClN5O2/c1-3-12-20-21-13(23-12)7-9-4-5-10(6-9)18-14-11(16)8-17-15(19-14)22-2/h8-10H,3-7H2,1-2H3,(H,17,18,19)/t9-,10+/m1/s1. The Morgan fingerprint density at radius 1 is 1.35 bits per heavy atom. The molecule has 0 saturated heterocycles. The van der Waals surface area contributed by atoms with Crippen LogP contribution in [0.2, 0.25) is 5.02 Å². The van der Waals surface area contributed by atoms with E-state index >= 15 is 0 Å². The van der Waals surface area contributed by atoms with Crippen molar-refractivity contribution in [3.05, 3.63) is 23.0 Å². The van der Waals surface area contributed by atoms with Crippen molar-refractivity contribution in [1.29, 1.82) is 0 Å². The summed E-state index contributed by atoms with van der Waals surface area (Å²) in [5.41, 5.74) is 0. The molecule has 1 fully saturated rings. The Morgan fingerprint density at radius 3 is 2.91 bits per heavy atom. The van der Waals surface area contributed by atoms with E-state index in [9.17, 15) is 0 Å². The molecule has 0 spiro atoms. The molecule has 0 amide bonds. The van der Waals surface area contributed by atoms with Crippen molar-refractivity contribution in [2.24, 2.45) is 5.92 Å². The molecule has 2 aromatic rings. The number of rotatable bonds is 6. The lowest BCUT2D eigenvalue weighted by Crippen LogP contribution is -2.17. The zero-order valence-electron chi connectivity index (χ0n) is 13.3. The number of nitrogens with zero attached hydrogens (tertiary/aromatic N) is 4. The molecule has 0 aromatic carbocycles. The minimum atomic E-state index is 0.310. The molecule has 2 heterocycles. The highest BCUT2D eigenvalue weighted by Gasteiger charge is 2.27. The molecule has 7 nitrogen and oxygen atoms in total. The van der Waals surface area contributed by atoms with E-state index in [2.05, 4.69) is 25.5 Å². The van der Waals surface area contributed by atoms with Gasteiger partial charge in [-0.15, -0.1) is 10.2 Å². The van der Waals surface area contributed by atoms with Crippen molar-refractivity contribution in [2.45, 2.75) is 45.1 Å². The van der Waals surface area contributed by atoms with Gasteiger partial charge in [0, 0.05) is 18.9 Å². The third kappa shape index (κ3) is 3.90. The second kappa shape index (κ2) is 7.12. The van der Waals surface area contributed by atoms with Gasteiger partial charge >= 0.3 is 6.01 Å². The number of hydrogen-bond donors (Lipinski definition) is 1. The monoisotopic (exact) mass is 337 g/mol. The lowest BCUT2D eigenvalue weighted by atomic mass is 10.0. The summed E-state index contributed by atoms with van der Waals surface area (Å²) < 4.78 is 10.6. The topological polar surface area (TPSA) is 86.0 Å². The van der Waals surface area contributed by atoms with Crippen LogP contribution in [0, 0.1) is 5.92 Å². The van der Waals surface area contributed by atoms with Gasteiger partial charge in [-0.05, 0) is 25.2 Å². The van der Waals surface area contributed by atoms with Crippen molar-refractivity contribution in [1.82, 2.24) is 20.2 Å². The maximum absolute atomic E-state index is 6.14. The summed E-state index contributed by atoms with van der Waals surface area (Å²) in [5.74, 6) is 2.58. The van der Waals surface area contributed by atoms with Gasteiger partial charge in [-0.1, -0.05) is 18.5 Å². The predicted molar refractivity (Wildman–Crippen MR) is 85.7 cm³/mol. The summed E-state index contributed by atoms with van der Waals surface area (Å²) in [5, 5.41) is 12.0. The lowest BCUT2D eigenvalue weighted by molar-refractivity contribution is 0.380. The summed E-state index contributed by atoms with van der Waals surface area (Å²) in [6, 6.07) is 0.634. The van der Waals surface area contributed by atoms with Gasteiger partial charge in [0.1, 0.15) is 5.02 Å². The zero-order chi connectivity index (χ0) is 16.2. The van der Waals surface area contributed by atoms with Crippen LogP contribution in [-0.4, -0.2) is 33.3 Å². The first kappa shape index (κ1) is 16.0. The third-order valence-electron chi connectivity index (χ3n) is 4.06. The van der Waals surface area contributed by atoms with E-state index in [1.165, 1.54) is 7.11 Å². The maximum Gasteiger partial charge on any atom is 0.318 e. The minimum Gasteiger partial charge on any atom is -0.467 e. The predicted octanol–water partition coefficient (Wildman–Crippen LogP) is 2.91. The highest BCUT2D eigenvalue weighted by atomic mass is 35.5. The van der Waals surface area contributed by atoms with Gasteiger partial charge in [-0.25, -0.2) is 4.98 Å². The molecule has 0 unspecified atom stereocenters. The maximum atomic E-state index is 6.14. The molecule has 1 aliphatic rings. The van der Waals surface area contributed by atoms with Gasteiger partial charge in [0.25, 0.3) is 0 Å². The molecule has 2 aromatic heterocycles. The average Bonchev–Trinajstić information content (AvgIpc) is 3.19. The first-order valence-electron chi connectivity index (χ1n) is 7.82. The molecule has 8 heteroatoms. The molecule has 23 heavy (non-hydrogen) atoms. The second-order valence-corrected chi connectivity index (χ2v) is 6.13. The van der Waals surface area contributed by atoms with E-state index < -0.39 is 0 Å². The summed E-state index contributed by atoms with van der Waals surface area (Å²) in [6.45, 7) is 2.01. The molecule has 124 valence electrons. The van der Waals surface area contributed by atoms with Crippen LogP contribution in [-0.2, 0) is 12.8 Å². The smallest absolute Gasteiger partial charge is 0.318 e. The fraction of sp³-hybridized carbons (Fsp3) is 0.600. The highest BCUT2D eigenvalue weighted by molar-refractivity contribution is 6.32. The van der Waals surface area contributed by atoms with Gasteiger partial charge in [0.2, 0.25) is 11.8 Å². The largest absolute Gasteiger partial charge is 0.467 e. The van der Waals surface area contributed by atoms with Crippen molar-refractivity contribution in [3.63, 3.8) is 0 Å². The molecule has 1 N–H and O–H groups in total. The van der Waals surface area contributed by atoms with E-state index in [0.717, 1.165) is 38.0 Å². The number of hydrogen-bond acceptors (Lipinski definition) is 7. The van der Waals surface area contributed by atoms with E-state index in [-0.39, 0.29) is 0 Å². The summed E-state index contributed by atoms with van der Waals surface area (Å²) in [6.07, 6.45) is 6.34. The first-order valence-corrected chi connectivity index (χ1v) is 8.20. The lowest BCUT2D eigenvalue weighted by Gasteiger charge is -2.14. The van der Waals surface area contributed by atoms with E-state index in [4.69, 9.17) is 20.8 Å². The Morgan fingerprint density at radius 2 is 2.17 bits per heavy atom. The molecular weight excluding hydrogens is 318 g/mol. The summed E-state index contributed by atoms with van der Waals surface area (Å²) in [4.78, 5) is 8.24. The summed E-state index contributed by atoms with van der Waals surface area (Å²) >= 11 is 6.14. The van der Waals surface area contributed by atoms with E-state index in [1.54, 1.807) is 6.20 Å². The zero-order valence-corrected chi connectivity index (χ0v) is 14.0. The number of ether oxygens (including phenoxy) is 1. The molecule has 3 rings (SSSR count). The number of aromatic nitrogens is 4. The Hall–Kier alpha value is -1.89. The van der Waals surface area contributed by atoms with Gasteiger partial charge in [-0.3, -0.25) is 0 Å². The number of anilines is 1. The van der Waals surface area contributed by atoms with Crippen LogP contribution in [0.3, 0.4) is 0 Å². The third-order valence-corrected chi connectivity index (χ3v) is 4.34. The van der Waals surface area contributed by atoms with E-state index in [1.807, 2.05) is 6.92 Å². The fourth-order valence-corrected chi connectivity index (χ4v) is 3.04. The Bertz CT molecular complexity index is 663. The van der Waals surface area contributed by atoms with Crippen LogP contribution in [0.15, 0.2) is 10.6 Å². The molecule has 0 radical (unpaired) electrons. The Kier molecular flexibility index (Phi) is 4.95. The quantitative estimate of drug-likeness (QED) is 0.867. The van der Waals surface area contributed by atoms with Crippen LogP contribution in [0.5, 0.6) is 6.01 Å². The fourth-order valence-electron chi connectivity index (χ4n) is 2.90. The number of halogens is 1. The van der Waals surface area contributed by atoms with Crippen molar-refractivity contribution in [2.75, 3.05) is 12.4 Å². The van der Waals surface area contributed by atoms with Crippen LogP contribution in [0.25, 0.3) is 0 Å². The second-order valence-electron chi connectivity index (χ2n) is 5.72. The van der Waals surface area contributed by atoms with Crippen molar-refractivity contribution >= 4 is 17.4 Å². The van der Waals surface area contributed by atoms with Crippen LogP contribution in [0.4, 0.5) is 5.82 Å². The summed E-state index contributed by atoms with van der Waals surface area (Å²) in [7, 11) is 1.54.